The number of ether oxygens (including phenoxy) is 1. The van der Waals surface area contributed by atoms with E-state index in [0.29, 0.717) is 30.8 Å². The number of aldehydes is 1. The fourth-order valence-electron chi connectivity index (χ4n) is 2.10. The Kier molecular flexibility index (Phi) is 3.57. The van der Waals surface area contributed by atoms with Gasteiger partial charge in [-0.3, -0.25) is 14.9 Å². The van der Waals surface area contributed by atoms with Gasteiger partial charge in [-0.05, 0) is 12.5 Å². The molecule has 1 unspecified atom stereocenters. The molecule has 1 atom stereocenters. The summed E-state index contributed by atoms with van der Waals surface area (Å²) < 4.78 is 5.30. The fourth-order valence-corrected chi connectivity index (χ4v) is 2.10. The minimum Gasteiger partial charge on any atom is -0.379 e. The number of non-ortho nitro benzene ring substituents is 1. The van der Waals surface area contributed by atoms with E-state index in [4.69, 9.17) is 4.74 Å². The first-order valence-electron chi connectivity index (χ1n) is 5.67. The van der Waals surface area contributed by atoms with Crippen LogP contribution < -0.4 is 4.90 Å². The summed E-state index contributed by atoms with van der Waals surface area (Å²) in [5.74, 6) is 0. The van der Waals surface area contributed by atoms with Crippen molar-refractivity contribution in [3.63, 3.8) is 0 Å². The second-order valence-corrected chi connectivity index (χ2v) is 4.25. The summed E-state index contributed by atoms with van der Waals surface area (Å²) in [6, 6.07) is 4.54. The molecule has 96 valence electrons. The molecular weight excluding hydrogens is 236 g/mol. The van der Waals surface area contributed by atoms with Crippen LogP contribution in [-0.2, 0) is 4.74 Å². The van der Waals surface area contributed by atoms with Gasteiger partial charge < -0.3 is 9.64 Å². The summed E-state index contributed by atoms with van der Waals surface area (Å²) in [6.45, 7) is 1.32. The van der Waals surface area contributed by atoms with Crippen LogP contribution in [-0.4, -0.2) is 37.5 Å². The summed E-state index contributed by atoms with van der Waals surface area (Å²) >= 11 is 0. The molecule has 1 fully saturated rings. The van der Waals surface area contributed by atoms with E-state index in [0.717, 1.165) is 6.42 Å². The first-order chi connectivity index (χ1) is 8.63. The molecule has 1 aromatic carbocycles. The number of hydrogen-bond acceptors (Lipinski definition) is 5. The van der Waals surface area contributed by atoms with Gasteiger partial charge in [0.25, 0.3) is 5.69 Å². The fraction of sp³-hybridized carbons (Fsp3) is 0.417. The van der Waals surface area contributed by atoms with Crippen molar-refractivity contribution in [3.8, 4) is 0 Å². The molecule has 0 N–H and O–H groups in total. The molecule has 1 aliphatic rings. The lowest BCUT2D eigenvalue weighted by Crippen LogP contribution is -2.32. The van der Waals surface area contributed by atoms with Gasteiger partial charge in [-0.1, -0.05) is 0 Å². The number of benzene rings is 1. The molecule has 6 nitrogen and oxygen atoms in total. The Balaban J connectivity index is 2.31. The lowest BCUT2D eigenvalue weighted by Gasteiger charge is -2.26. The van der Waals surface area contributed by atoms with Gasteiger partial charge in [0.05, 0.1) is 17.6 Å². The number of nitro groups is 1. The molecular formula is C12H14N2O4. The van der Waals surface area contributed by atoms with Gasteiger partial charge in [0, 0.05) is 37.0 Å². The minimum atomic E-state index is -0.505. The van der Waals surface area contributed by atoms with Gasteiger partial charge >= 0.3 is 0 Å². The number of carbonyl (C=O) groups is 1. The highest BCUT2D eigenvalue weighted by Crippen LogP contribution is 2.26. The summed E-state index contributed by atoms with van der Waals surface area (Å²) in [5, 5.41) is 10.7. The highest BCUT2D eigenvalue weighted by atomic mass is 16.6. The highest BCUT2D eigenvalue weighted by Gasteiger charge is 2.23. The van der Waals surface area contributed by atoms with Gasteiger partial charge in [0.15, 0.2) is 6.29 Å². The summed E-state index contributed by atoms with van der Waals surface area (Å²) in [7, 11) is 1.87. The van der Waals surface area contributed by atoms with Crippen molar-refractivity contribution in [2.45, 2.75) is 12.5 Å². The molecule has 18 heavy (non-hydrogen) atoms. The van der Waals surface area contributed by atoms with Crippen molar-refractivity contribution in [1.29, 1.82) is 0 Å². The van der Waals surface area contributed by atoms with Crippen molar-refractivity contribution in [1.82, 2.24) is 0 Å². The Bertz CT molecular complexity index is 469. The normalized spacial score (nSPS) is 18.6. The Morgan fingerprint density at radius 3 is 2.89 bits per heavy atom. The smallest absolute Gasteiger partial charge is 0.270 e. The number of rotatable bonds is 4. The van der Waals surface area contributed by atoms with E-state index in [1.165, 1.54) is 12.1 Å². The van der Waals surface area contributed by atoms with Gasteiger partial charge in [-0.15, -0.1) is 0 Å². The van der Waals surface area contributed by atoms with Crippen LogP contribution in [0.25, 0.3) is 0 Å². The predicted molar refractivity (Wildman–Crippen MR) is 66.1 cm³/mol. The van der Waals surface area contributed by atoms with E-state index in [-0.39, 0.29) is 11.7 Å². The van der Waals surface area contributed by atoms with Crippen molar-refractivity contribution in [2.24, 2.45) is 0 Å². The standard InChI is InChI=1S/C12H14N2O4/c1-13(11-4-5-18-8-11)12-3-2-10(14(16)17)6-9(12)7-15/h2-3,6-7,11H,4-5,8H2,1H3. The monoisotopic (exact) mass is 250 g/mol. The Hall–Kier alpha value is -1.95. The third kappa shape index (κ3) is 2.33. The number of likely N-dealkylation sites (N-methyl/N-ethyl adjacent to an activating group) is 1. The molecule has 0 amide bonds. The minimum absolute atomic E-state index is 0.0723. The van der Waals surface area contributed by atoms with Crippen LogP contribution in [0.15, 0.2) is 18.2 Å². The zero-order valence-corrected chi connectivity index (χ0v) is 10.0. The molecule has 0 bridgehead atoms. The molecule has 2 rings (SSSR count). The maximum Gasteiger partial charge on any atom is 0.270 e. The van der Waals surface area contributed by atoms with E-state index < -0.39 is 4.92 Å². The SMILES string of the molecule is CN(c1ccc([N+](=O)[O-])cc1C=O)C1CCOC1. The van der Waals surface area contributed by atoms with Crippen LogP contribution >= 0.6 is 0 Å². The van der Waals surface area contributed by atoms with Crippen molar-refractivity contribution >= 4 is 17.7 Å². The van der Waals surface area contributed by atoms with Crippen LogP contribution in [0.4, 0.5) is 11.4 Å². The van der Waals surface area contributed by atoms with E-state index >= 15 is 0 Å². The molecule has 1 aliphatic heterocycles. The molecule has 0 saturated carbocycles. The molecule has 1 saturated heterocycles. The Morgan fingerprint density at radius 1 is 1.56 bits per heavy atom. The topological polar surface area (TPSA) is 72.7 Å². The summed E-state index contributed by atoms with van der Waals surface area (Å²) in [5.41, 5.74) is 0.960. The molecule has 1 heterocycles. The molecule has 1 aromatic rings. The number of carbonyl (C=O) groups excluding carboxylic acids is 1. The average molecular weight is 250 g/mol. The molecule has 0 spiro atoms. The molecule has 0 aliphatic carbocycles. The number of hydrogen-bond donors (Lipinski definition) is 0. The summed E-state index contributed by atoms with van der Waals surface area (Å²) in [4.78, 5) is 23.1. The summed E-state index contributed by atoms with van der Waals surface area (Å²) in [6.07, 6.45) is 1.54. The van der Waals surface area contributed by atoms with E-state index in [2.05, 4.69) is 0 Å². The third-order valence-corrected chi connectivity index (χ3v) is 3.18. The lowest BCUT2D eigenvalue weighted by molar-refractivity contribution is -0.384. The number of anilines is 1. The number of nitrogens with zero attached hydrogens (tertiary/aromatic N) is 2. The van der Waals surface area contributed by atoms with Crippen LogP contribution in [0, 0.1) is 10.1 Å². The van der Waals surface area contributed by atoms with Gasteiger partial charge in [-0.25, -0.2) is 0 Å². The van der Waals surface area contributed by atoms with Gasteiger partial charge in [-0.2, -0.15) is 0 Å². The predicted octanol–water partition coefficient (Wildman–Crippen LogP) is 1.63. The van der Waals surface area contributed by atoms with Crippen LogP contribution in [0.1, 0.15) is 16.8 Å². The zero-order valence-electron chi connectivity index (χ0n) is 10.0. The van der Waals surface area contributed by atoms with Crippen LogP contribution in [0.2, 0.25) is 0 Å². The van der Waals surface area contributed by atoms with Gasteiger partial charge in [0.2, 0.25) is 0 Å². The zero-order chi connectivity index (χ0) is 13.1. The second-order valence-electron chi connectivity index (χ2n) is 4.25. The van der Waals surface area contributed by atoms with Gasteiger partial charge in [0.1, 0.15) is 0 Å². The highest BCUT2D eigenvalue weighted by molar-refractivity contribution is 5.86. The van der Waals surface area contributed by atoms with E-state index in [1.807, 2.05) is 11.9 Å². The first kappa shape index (κ1) is 12.5. The molecule has 6 heteroatoms. The maximum absolute atomic E-state index is 11.0. The largest absolute Gasteiger partial charge is 0.379 e. The first-order valence-corrected chi connectivity index (χ1v) is 5.67. The second kappa shape index (κ2) is 5.14. The van der Waals surface area contributed by atoms with Crippen molar-refractivity contribution in [3.05, 3.63) is 33.9 Å². The maximum atomic E-state index is 11.0. The Labute approximate surface area is 104 Å². The Morgan fingerprint density at radius 2 is 2.33 bits per heavy atom. The van der Waals surface area contributed by atoms with Crippen LogP contribution in [0.5, 0.6) is 0 Å². The quantitative estimate of drug-likeness (QED) is 0.461. The van der Waals surface area contributed by atoms with Crippen molar-refractivity contribution < 1.29 is 14.5 Å². The van der Waals surface area contributed by atoms with Crippen molar-refractivity contribution in [2.75, 3.05) is 25.2 Å². The lowest BCUT2D eigenvalue weighted by atomic mass is 10.1. The molecule has 0 radical (unpaired) electrons. The third-order valence-electron chi connectivity index (χ3n) is 3.18. The van der Waals surface area contributed by atoms with E-state index in [9.17, 15) is 14.9 Å². The number of nitro benzene ring substituents is 1. The molecule has 0 aromatic heterocycles. The van der Waals surface area contributed by atoms with Crippen LogP contribution in [0.3, 0.4) is 0 Å². The van der Waals surface area contributed by atoms with E-state index in [1.54, 1.807) is 6.07 Å². The average Bonchev–Trinajstić information content (AvgIpc) is 2.90.